The number of nitrogens with zero attached hydrogens (tertiary/aromatic N) is 2. The summed E-state index contributed by atoms with van der Waals surface area (Å²) in [5.41, 5.74) is 0. The van der Waals surface area contributed by atoms with Crippen LogP contribution in [0.4, 0.5) is 5.82 Å². The lowest BCUT2D eigenvalue weighted by Crippen LogP contribution is -2.04. The molecule has 0 atom stereocenters. The number of rotatable bonds is 5. The second-order valence-electron chi connectivity index (χ2n) is 3.75. The zero-order valence-electron chi connectivity index (χ0n) is 11.0. The maximum Gasteiger partial charge on any atom is 0.268 e. The third kappa shape index (κ3) is 3.05. The molecule has 1 aromatic carbocycles. The number of anilines is 1. The molecular formula is C13H13Cl2N3O2. The van der Waals surface area contributed by atoms with Crippen LogP contribution >= 0.6 is 23.2 Å². The fourth-order valence-electron chi connectivity index (χ4n) is 1.57. The molecule has 0 saturated heterocycles. The zero-order chi connectivity index (χ0) is 14.5. The summed E-state index contributed by atoms with van der Waals surface area (Å²) in [5, 5.41) is 3.79. The van der Waals surface area contributed by atoms with Gasteiger partial charge in [0.25, 0.3) is 5.88 Å². The van der Waals surface area contributed by atoms with Gasteiger partial charge in [0.2, 0.25) is 5.75 Å². The number of aromatic nitrogens is 2. The maximum atomic E-state index is 6.08. The van der Waals surface area contributed by atoms with E-state index in [1.54, 1.807) is 18.2 Å². The predicted molar refractivity (Wildman–Crippen MR) is 79.3 cm³/mol. The topological polar surface area (TPSA) is 56.3 Å². The van der Waals surface area contributed by atoms with Crippen molar-refractivity contribution in [1.82, 2.24) is 9.97 Å². The molecule has 0 spiro atoms. The summed E-state index contributed by atoms with van der Waals surface area (Å²) < 4.78 is 10.9. The summed E-state index contributed by atoms with van der Waals surface area (Å²) >= 11 is 12.0. The van der Waals surface area contributed by atoms with Crippen LogP contribution in [0.5, 0.6) is 17.4 Å². The number of methoxy groups -OCH3 is 1. The molecule has 0 bridgehead atoms. The van der Waals surface area contributed by atoms with Gasteiger partial charge < -0.3 is 14.8 Å². The average Bonchev–Trinajstić information content (AvgIpc) is 2.44. The Morgan fingerprint density at radius 2 is 2.05 bits per heavy atom. The van der Waals surface area contributed by atoms with Crippen molar-refractivity contribution in [2.45, 2.75) is 6.92 Å². The second kappa shape index (κ2) is 6.63. The average molecular weight is 314 g/mol. The molecule has 0 radical (unpaired) electrons. The Morgan fingerprint density at radius 3 is 2.75 bits per heavy atom. The highest BCUT2D eigenvalue weighted by Gasteiger charge is 2.15. The van der Waals surface area contributed by atoms with Crippen LogP contribution in [-0.2, 0) is 0 Å². The molecule has 2 rings (SSSR count). The van der Waals surface area contributed by atoms with E-state index in [1.165, 1.54) is 13.4 Å². The van der Waals surface area contributed by atoms with Gasteiger partial charge in [0.1, 0.15) is 17.1 Å². The van der Waals surface area contributed by atoms with Gasteiger partial charge in [0.05, 0.1) is 12.1 Å². The number of hydrogen-bond donors (Lipinski definition) is 1. The summed E-state index contributed by atoms with van der Waals surface area (Å²) in [6.07, 6.45) is 1.38. The van der Waals surface area contributed by atoms with Crippen LogP contribution in [0.3, 0.4) is 0 Å². The molecule has 2 aromatic rings. The molecule has 0 aliphatic carbocycles. The van der Waals surface area contributed by atoms with E-state index in [0.29, 0.717) is 33.9 Å². The molecule has 5 nitrogen and oxygen atoms in total. The highest BCUT2D eigenvalue weighted by atomic mass is 35.5. The van der Waals surface area contributed by atoms with Gasteiger partial charge in [-0.25, -0.2) is 4.98 Å². The number of halogens is 2. The number of ether oxygens (including phenoxy) is 2. The van der Waals surface area contributed by atoms with Crippen molar-refractivity contribution in [2.75, 3.05) is 19.0 Å². The molecule has 7 heteroatoms. The largest absolute Gasteiger partial charge is 0.489 e. The summed E-state index contributed by atoms with van der Waals surface area (Å²) in [4.78, 5) is 8.15. The van der Waals surface area contributed by atoms with Crippen molar-refractivity contribution < 1.29 is 9.47 Å². The Hall–Kier alpha value is -1.72. The third-order valence-electron chi connectivity index (χ3n) is 2.44. The molecule has 0 fully saturated rings. The smallest absolute Gasteiger partial charge is 0.268 e. The standard InChI is InChI=1S/C13H13Cl2N3O2/c1-3-16-12-11(19-2)13(18-7-17-12)20-9-6-4-5-8(14)10(9)15/h4-7H,3H2,1-2H3,(H,16,17,18). The van der Waals surface area contributed by atoms with Crippen molar-refractivity contribution in [3.63, 3.8) is 0 Å². The van der Waals surface area contributed by atoms with Gasteiger partial charge in [-0.2, -0.15) is 4.98 Å². The minimum atomic E-state index is 0.266. The van der Waals surface area contributed by atoms with Gasteiger partial charge in [0, 0.05) is 6.54 Å². The van der Waals surface area contributed by atoms with Gasteiger partial charge in [0.15, 0.2) is 5.82 Å². The highest BCUT2D eigenvalue weighted by Crippen LogP contribution is 2.38. The van der Waals surface area contributed by atoms with Gasteiger partial charge in [-0.1, -0.05) is 29.3 Å². The van der Waals surface area contributed by atoms with Crippen molar-refractivity contribution in [1.29, 1.82) is 0 Å². The lowest BCUT2D eigenvalue weighted by atomic mass is 10.3. The monoisotopic (exact) mass is 313 g/mol. The van der Waals surface area contributed by atoms with Crippen molar-refractivity contribution >= 4 is 29.0 Å². The van der Waals surface area contributed by atoms with Crippen LogP contribution in [0, 0.1) is 0 Å². The first kappa shape index (κ1) is 14.7. The SMILES string of the molecule is CCNc1ncnc(Oc2cccc(Cl)c2Cl)c1OC. The lowest BCUT2D eigenvalue weighted by Gasteiger charge is -2.13. The number of hydrogen-bond acceptors (Lipinski definition) is 5. The van der Waals surface area contributed by atoms with E-state index in [9.17, 15) is 0 Å². The van der Waals surface area contributed by atoms with E-state index < -0.39 is 0 Å². The first-order valence-electron chi connectivity index (χ1n) is 5.92. The Bertz CT molecular complexity index is 608. The van der Waals surface area contributed by atoms with E-state index in [4.69, 9.17) is 32.7 Å². The maximum absolute atomic E-state index is 6.08. The van der Waals surface area contributed by atoms with Crippen LogP contribution in [0.25, 0.3) is 0 Å². The van der Waals surface area contributed by atoms with Crippen LogP contribution in [0.2, 0.25) is 10.0 Å². The molecular weight excluding hydrogens is 301 g/mol. The van der Waals surface area contributed by atoms with E-state index in [-0.39, 0.29) is 5.88 Å². The molecule has 1 heterocycles. The highest BCUT2D eigenvalue weighted by molar-refractivity contribution is 6.42. The first-order chi connectivity index (χ1) is 9.67. The predicted octanol–water partition coefficient (Wildman–Crippen LogP) is 4.02. The Morgan fingerprint density at radius 1 is 1.25 bits per heavy atom. The fourth-order valence-corrected chi connectivity index (χ4v) is 1.91. The number of benzene rings is 1. The molecule has 20 heavy (non-hydrogen) atoms. The first-order valence-corrected chi connectivity index (χ1v) is 6.67. The normalized spacial score (nSPS) is 10.2. The van der Waals surface area contributed by atoms with E-state index in [0.717, 1.165) is 0 Å². The molecule has 106 valence electrons. The Balaban J connectivity index is 2.38. The third-order valence-corrected chi connectivity index (χ3v) is 3.24. The fraction of sp³-hybridized carbons (Fsp3) is 0.231. The Kier molecular flexibility index (Phi) is 4.87. The zero-order valence-corrected chi connectivity index (χ0v) is 12.5. The van der Waals surface area contributed by atoms with Gasteiger partial charge >= 0.3 is 0 Å². The van der Waals surface area contributed by atoms with Gasteiger partial charge in [-0.3, -0.25) is 0 Å². The summed E-state index contributed by atoms with van der Waals surface area (Å²) in [6, 6.07) is 5.11. The van der Waals surface area contributed by atoms with Gasteiger partial charge in [-0.05, 0) is 19.1 Å². The molecule has 1 N–H and O–H groups in total. The van der Waals surface area contributed by atoms with Gasteiger partial charge in [-0.15, -0.1) is 0 Å². The Labute approximate surface area is 126 Å². The van der Waals surface area contributed by atoms with E-state index in [2.05, 4.69) is 15.3 Å². The van der Waals surface area contributed by atoms with Crippen LogP contribution in [0.1, 0.15) is 6.92 Å². The quantitative estimate of drug-likeness (QED) is 0.903. The molecule has 0 amide bonds. The molecule has 0 unspecified atom stereocenters. The van der Waals surface area contributed by atoms with E-state index in [1.807, 2.05) is 6.92 Å². The minimum absolute atomic E-state index is 0.266. The summed E-state index contributed by atoms with van der Waals surface area (Å²) in [7, 11) is 1.52. The van der Waals surface area contributed by atoms with Crippen LogP contribution in [0.15, 0.2) is 24.5 Å². The van der Waals surface area contributed by atoms with Crippen LogP contribution in [-0.4, -0.2) is 23.6 Å². The summed E-state index contributed by atoms with van der Waals surface area (Å²) in [5.74, 6) is 1.63. The van der Waals surface area contributed by atoms with Crippen LogP contribution < -0.4 is 14.8 Å². The lowest BCUT2D eigenvalue weighted by molar-refractivity contribution is 0.369. The molecule has 0 aliphatic heterocycles. The van der Waals surface area contributed by atoms with Crippen molar-refractivity contribution in [3.05, 3.63) is 34.6 Å². The number of nitrogens with one attached hydrogen (secondary N) is 1. The second-order valence-corrected chi connectivity index (χ2v) is 4.53. The molecule has 0 saturated carbocycles. The minimum Gasteiger partial charge on any atom is -0.489 e. The summed E-state index contributed by atoms with van der Waals surface area (Å²) in [6.45, 7) is 2.65. The van der Waals surface area contributed by atoms with E-state index >= 15 is 0 Å². The molecule has 0 aliphatic rings. The molecule has 1 aromatic heterocycles. The van der Waals surface area contributed by atoms with Crippen molar-refractivity contribution in [2.24, 2.45) is 0 Å². The van der Waals surface area contributed by atoms with Crippen molar-refractivity contribution in [3.8, 4) is 17.4 Å².